The normalized spacial score (nSPS) is 19.2. The highest BCUT2D eigenvalue weighted by atomic mass is 32.1. The van der Waals surface area contributed by atoms with Gasteiger partial charge in [-0.3, -0.25) is 15.0 Å². The monoisotopic (exact) mass is 483 g/mol. The van der Waals surface area contributed by atoms with Crippen molar-refractivity contribution in [2.45, 2.75) is 24.7 Å². The number of non-ortho nitro benzene ring substituents is 1. The van der Waals surface area contributed by atoms with E-state index in [0.717, 1.165) is 5.56 Å². The predicted molar refractivity (Wildman–Crippen MR) is 121 cm³/mol. The molecule has 0 bridgehead atoms. The molecule has 6 rings (SSSR count). The van der Waals surface area contributed by atoms with E-state index in [-0.39, 0.29) is 17.6 Å². The third-order valence-electron chi connectivity index (χ3n) is 6.35. The topological polar surface area (TPSA) is 128 Å². The first-order valence-electron chi connectivity index (χ1n) is 10.9. The molecule has 0 saturated carbocycles. The molecule has 1 N–H and O–H groups in total. The first-order valence-corrected chi connectivity index (χ1v) is 11.7. The average Bonchev–Trinajstić information content (AvgIpc) is 3.63. The van der Waals surface area contributed by atoms with Gasteiger partial charge in [0.25, 0.3) is 5.69 Å². The van der Waals surface area contributed by atoms with Crippen molar-refractivity contribution < 1.29 is 23.9 Å². The molecule has 1 aromatic carbocycles. The van der Waals surface area contributed by atoms with Crippen LogP contribution in [0.15, 0.2) is 47.1 Å². The molecule has 1 spiro atoms. The highest BCUT2D eigenvalue weighted by Crippen LogP contribution is 2.43. The zero-order chi connectivity index (χ0) is 23.3. The van der Waals surface area contributed by atoms with Gasteiger partial charge < -0.3 is 19.0 Å². The van der Waals surface area contributed by atoms with Crippen molar-refractivity contribution in [2.24, 2.45) is 0 Å². The Hall–Kier alpha value is -3.32. The standard InChI is InChI=1S/C22H21N5O6S/c28-20-18(34-21-23-19(24-26(20)21)16-2-1-11-31-16)17(14-3-5-15(6-4-14)27(29)30)25-9-7-22(8-10-25)32-12-13-33-22/h1-6,11,17,28H,7-10,12-13H2/t17-/m0/s1. The lowest BCUT2D eigenvalue weighted by Gasteiger charge is -2.41. The molecule has 0 aliphatic carbocycles. The summed E-state index contributed by atoms with van der Waals surface area (Å²) in [5, 5.41) is 26.7. The van der Waals surface area contributed by atoms with E-state index in [1.165, 1.54) is 28.0 Å². The van der Waals surface area contributed by atoms with Gasteiger partial charge in [0.05, 0.1) is 35.3 Å². The molecule has 1 atom stereocenters. The molecular weight excluding hydrogens is 462 g/mol. The van der Waals surface area contributed by atoms with Gasteiger partial charge in [-0.05, 0) is 17.7 Å². The molecule has 2 aliphatic rings. The van der Waals surface area contributed by atoms with Crippen molar-refractivity contribution in [1.29, 1.82) is 0 Å². The number of benzene rings is 1. The maximum atomic E-state index is 11.2. The van der Waals surface area contributed by atoms with Crippen molar-refractivity contribution >= 4 is 22.0 Å². The van der Waals surface area contributed by atoms with Crippen LogP contribution < -0.4 is 0 Å². The molecule has 11 nitrogen and oxygen atoms in total. The van der Waals surface area contributed by atoms with Crippen LogP contribution >= 0.6 is 11.3 Å². The number of hydrogen-bond acceptors (Lipinski definition) is 10. The molecule has 4 aromatic rings. The van der Waals surface area contributed by atoms with E-state index >= 15 is 0 Å². The fraction of sp³-hybridized carbons (Fsp3) is 0.364. The quantitative estimate of drug-likeness (QED) is 0.334. The second kappa shape index (κ2) is 8.17. The van der Waals surface area contributed by atoms with Crippen LogP contribution in [0.3, 0.4) is 0 Å². The van der Waals surface area contributed by atoms with Crippen LogP contribution in [0, 0.1) is 10.1 Å². The zero-order valence-electron chi connectivity index (χ0n) is 18.0. The number of fused-ring (bicyclic) bond motifs is 1. The number of rotatable bonds is 5. The summed E-state index contributed by atoms with van der Waals surface area (Å²) < 4.78 is 18.5. The number of aromatic hydroxyl groups is 1. The van der Waals surface area contributed by atoms with E-state index in [4.69, 9.17) is 13.9 Å². The number of aromatic nitrogens is 3. The molecule has 2 fully saturated rings. The number of nitro groups is 1. The van der Waals surface area contributed by atoms with Crippen molar-refractivity contribution in [1.82, 2.24) is 19.5 Å². The predicted octanol–water partition coefficient (Wildman–Crippen LogP) is 3.59. The highest BCUT2D eigenvalue weighted by molar-refractivity contribution is 7.17. The van der Waals surface area contributed by atoms with Gasteiger partial charge in [0.1, 0.15) is 0 Å². The van der Waals surface area contributed by atoms with Gasteiger partial charge in [0.2, 0.25) is 16.7 Å². The number of nitro benzene ring substituents is 1. The molecule has 0 radical (unpaired) electrons. The Balaban J connectivity index is 1.38. The van der Waals surface area contributed by atoms with Crippen LogP contribution in [0.2, 0.25) is 0 Å². The second-order valence-electron chi connectivity index (χ2n) is 8.29. The Kier molecular flexibility index (Phi) is 5.10. The van der Waals surface area contributed by atoms with Crippen molar-refractivity contribution in [3.8, 4) is 17.5 Å². The van der Waals surface area contributed by atoms with Crippen molar-refractivity contribution in [3.05, 3.63) is 63.2 Å². The summed E-state index contributed by atoms with van der Waals surface area (Å²) in [5.74, 6) is 0.353. The maximum Gasteiger partial charge on any atom is 0.269 e. The number of thiazole rings is 1. The maximum absolute atomic E-state index is 11.2. The van der Waals surface area contributed by atoms with E-state index < -0.39 is 10.7 Å². The summed E-state index contributed by atoms with van der Waals surface area (Å²) in [7, 11) is 0. The molecule has 176 valence electrons. The summed E-state index contributed by atoms with van der Waals surface area (Å²) in [6.07, 6.45) is 2.93. The molecule has 3 aromatic heterocycles. The van der Waals surface area contributed by atoms with E-state index in [1.54, 1.807) is 30.5 Å². The first-order chi connectivity index (χ1) is 16.5. The molecule has 5 heterocycles. The molecule has 0 amide bonds. The Morgan fingerprint density at radius 3 is 2.50 bits per heavy atom. The molecule has 34 heavy (non-hydrogen) atoms. The fourth-order valence-electron chi connectivity index (χ4n) is 4.65. The highest BCUT2D eigenvalue weighted by Gasteiger charge is 2.42. The Morgan fingerprint density at radius 2 is 1.88 bits per heavy atom. The van der Waals surface area contributed by atoms with Gasteiger partial charge in [-0.1, -0.05) is 23.5 Å². The third-order valence-corrected chi connectivity index (χ3v) is 7.42. The van der Waals surface area contributed by atoms with Crippen molar-refractivity contribution in [2.75, 3.05) is 26.3 Å². The van der Waals surface area contributed by atoms with Crippen LogP contribution in [0.4, 0.5) is 5.69 Å². The number of piperidine rings is 1. The number of ether oxygens (including phenoxy) is 2. The van der Waals surface area contributed by atoms with Gasteiger partial charge in [-0.15, -0.1) is 5.10 Å². The summed E-state index contributed by atoms with van der Waals surface area (Å²) in [6.45, 7) is 2.54. The SMILES string of the molecule is O=[N+]([O-])c1ccc([C@@H](c2sc3nc(-c4ccco4)nn3c2O)N2CCC3(CC2)OCCO3)cc1. The third kappa shape index (κ3) is 3.55. The van der Waals surface area contributed by atoms with Crippen LogP contribution in [0.1, 0.15) is 29.3 Å². The van der Waals surface area contributed by atoms with Gasteiger partial charge >= 0.3 is 0 Å². The Morgan fingerprint density at radius 1 is 1.15 bits per heavy atom. The minimum atomic E-state index is -0.540. The van der Waals surface area contributed by atoms with E-state index in [9.17, 15) is 15.2 Å². The van der Waals surface area contributed by atoms with E-state index in [2.05, 4.69) is 15.0 Å². The van der Waals surface area contributed by atoms with Gasteiger partial charge in [-0.25, -0.2) is 0 Å². The van der Waals surface area contributed by atoms with E-state index in [1.807, 2.05) is 0 Å². The molecule has 0 unspecified atom stereocenters. The van der Waals surface area contributed by atoms with E-state index in [0.29, 0.717) is 60.6 Å². The molecule has 2 aliphatic heterocycles. The average molecular weight is 484 g/mol. The minimum absolute atomic E-state index is 0.0117. The zero-order valence-corrected chi connectivity index (χ0v) is 18.8. The summed E-state index contributed by atoms with van der Waals surface area (Å²) in [6, 6.07) is 9.62. The fourth-order valence-corrected chi connectivity index (χ4v) is 5.77. The molecular formula is C22H21N5O6S. The van der Waals surface area contributed by atoms with Gasteiger partial charge in [0, 0.05) is 38.1 Å². The van der Waals surface area contributed by atoms with Crippen LogP contribution in [-0.2, 0) is 9.47 Å². The van der Waals surface area contributed by atoms with Crippen LogP contribution in [-0.4, -0.2) is 61.6 Å². The second-order valence-corrected chi connectivity index (χ2v) is 9.30. The number of hydrogen-bond donors (Lipinski definition) is 1. The summed E-state index contributed by atoms with van der Waals surface area (Å²) in [4.78, 5) is 18.7. The number of likely N-dealkylation sites (tertiary alicyclic amines) is 1. The Bertz CT molecular complexity index is 1320. The lowest BCUT2D eigenvalue weighted by Crippen LogP contribution is -2.46. The first kappa shape index (κ1) is 21.2. The lowest BCUT2D eigenvalue weighted by molar-refractivity contribution is -0.384. The lowest BCUT2D eigenvalue weighted by atomic mass is 9.97. The summed E-state index contributed by atoms with van der Waals surface area (Å²) >= 11 is 1.33. The largest absolute Gasteiger partial charge is 0.492 e. The Labute approximate surface area is 197 Å². The molecule has 2 saturated heterocycles. The smallest absolute Gasteiger partial charge is 0.269 e. The minimum Gasteiger partial charge on any atom is -0.492 e. The number of nitrogens with zero attached hydrogens (tertiary/aromatic N) is 5. The van der Waals surface area contributed by atoms with Gasteiger partial charge in [-0.2, -0.15) is 9.50 Å². The summed E-state index contributed by atoms with van der Waals surface area (Å²) in [5.41, 5.74) is 0.851. The van der Waals surface area contributed by atoms with Crippen LogP contribution in [0.5, 0.6) is 5.88 Å². The molecule has 12 heteroatoms. The van der Waals surface area contributed by atoms with Crippen LogP contribution in [0.25, 0.3) is 16.5 Å². The number of furan rings is 1. The van der Waals surface area contributed by atoms with Gasteiger partial charge in [0.15, 0.2) is 11.5 Å². The van der Waals surface area contributed by atoms with Crippen molar-refractivity contribution in [3.63, 3.8) is 0 Å².